The summed E-state index contributed by atoms with van der Waals surface area (Å²) in [5.41, 5.74) is 0. The number of carbonyl (C=O) groups is 1. The van der Waals surface area contributed by atoms with Gasteiger partial charge in [0.1, 0.15) is 0 Å². The normalized spacial score (nSPS) is 30.9. The molecule has 2 fully saturated rings. The number of aliphatic hydroxyl groups excluding tert-OH is 1. The monoisotopic (exact) mass is 213 g/mol. The molecule has 0 aromatic rings. The van der Waals surface area contributed by atoms with E-state index in [2.05, 4.69) is 10.6 Å². The number of aliphatic hydroxyl groups is 1. The Kier molecular flexibility index (Phi) is 3.23. The molecule has 2 atom stereocenters. The van der Waals surface area contributed by atoms with Crippen LogP contribution in [0.25, 0.3) is 0 Å². The van der Waals surface area contributed by atoms with Gasteiger partial charge in [-0.3, -0.25) is 9.69 Å². The second kappa shape index (κ2) is 4.47. The molecule has 0 bridgehead atoms. The summed E-state index contributed by atoms with van der Waals surface area (Å²) in [5.74, 6) is 0.0686. The summed E-state index contributed by atoms with van der Waals surface area (Å²) in [5, 5.41) is 15.7. The van der Waals surface area contributed by atoms with Gasteiger partial charge in [-0.2, -0.15) is 0 Å². The lowest BCUT2D eigenvalue weighted by Crippen LogP contribution is -2.46. The van der Waals surface area contributed by atoms with Gasteiger partial charge in [-0.15, -0.1) is 0 Å². The summed E-state index contributed by atoms with van der Waals surface area (Å²) < 4.78 is 0. The Bertz CT molecular complexity index is 243. The molecule has 1 saturated carbocycles. The van der Waals surface area contributed by atoms with Crippen LogP contribution in [0, 0.1) is 0 Å². The summed E-state index contributed by atoms with van der Waals surface area (Å²) in [7, 11) is 1.88. The number of hydrogen-bond acceptors (Lipinski definition) is 4. The van der Waals surface area contributed by atoms with E-state index in [1.165, 1.54) is 0 Å². The van der Waals surface area contributed by atoms with Crippen LogP contribution in [0.15, 0.2) is 0 Å². The van der Waals surface area contributed by atoms with Crippen molar-refractivity contribution in [2.45, 2.75) is 31.0 Å². The number of amides is 1. The van der Waals surface area contributed by atoms with Crippen molar-refractivity contribution in [2.24, 2.45) is 0 Å². The van der Waals surface area contributed by atoms with Crippen LogP contribution in [-0.4, -0.2) is 60.8 Å². The number of nitrogens with zero attached hydrogens (tertiary/aromatic N) is 1. The van der Waals surface area contributed by atoms with Gasteiger partial charge < -0.3 is 15.7 Å². The summed E-state index contributed by atoms with van der Waals surface area (Å²) in [6, 6.07) is 0.479. The van der Waals surface area contributed by atoms with Crippen LogP contribution in [0.1, 0.15) is 12.8 Å². The van der Waals surface area contributed by atoms with Gasteiger partial charge in [0.05, 0.1) is 12.6 Å². The Labute approximate surface area is 89.8 Å². The van der Waals surface area contributed by atoms with Crippen LogP contribution in [0.2, 0.25) is 0 Å². The first-order valence-electron chi connectivity index (χ1n) is 5.55. The maximum Gasteiger partial charge on any atom is 0.234 e. The van der Waals surface area contributed by atoms with Crippen LogP contribution in [0.3, 0.4) is 0 Å². The number of hydrogen-bond donors (Lipinski definition) is 3. The molecule has 1 aliphatic carbocycles. The fraction of sp³-hybridized carbons (Fsp3) is 0.900. The molecule has 0 aromatic heterocycles. The Hall–Kier alpha value is -0.650. The van der Waals surface area contributed by atoms with E-state index in [0.717, 1.165) is 19.4 Å². The molecule has 86 valence electrons. The van der Waals surface area contributed by atoms with Crippen LogP contribution < -0.4 is 10.6 Å². The van der Waals surface area contributed by atoms with Gasteiger partial charge in [0.2, 0.25) is 5.91 Å². The van der Waals surface area contributed by atoms with E-state index < -0.39 is 0 Å². The van der Waals surface area contributed by atoms with Gasteiger partial charge in [-0.25, -0.2) is 0 Å². The molecule has 5 nitrogen and oxygen atoms in total. The molecule has 1 aliphatic heterocycles. The van der Waals surface area contributed by atoms with Gasteiger partial charge in [0.15, 0.2) is 0 Å². The summed E-state index contributed by atoms with van der Waals surface area (Å²) >= 11 is 0. The van der Waals surface area contributed by atoms with Gasteiger partial charge in [0, 0.05) is 25.2 Å². The zero-order chi connectivity index (χ0) is 10.8. The second-order valence-corrected chi connectivity index (χ2v) is 4.55. The maximum absolute atomic E-state index is 11.5. The SMILES string of the molecule is CN(CC(=O)NC1CC1)C1CNCC1O. The van der Waals surface area contributed by atoms with Crippen LogP contribution in [0.5, 0.6) is 0 Å². The fourth-order valence-electron chi connectivity index (χ4n) is 1.95. The van der Waals surface area contributed by atoms with Crippen LogP contribution in [-0.2, 0) is 4.79 Å². The van der Waals surface area contributed by atoms with E-state index in [9.17, 15) is 9.90 Å². The number of β-amino-alcohol motifs (C(OH)–C–C–N with tert-alkyl or cyclic N) is 1. The molecule has 1 heterocycles. The van der Waals surface area contributed by atoms with Crippen molar-refractivity contribution in [3.05, 3.63) is 0 Å². The van der Waals surface area contributed by atoms with Crippen molar-refractivity contribution in [3.63, 3.8) is 0 Å². The predicted octanol–water partition coefficient (Wildman–Crippen LogP) is -1.47. The highest BCUT2D eigenvalue weighted by Crippen LogP contribution is 2.18. The van der Waals surface area contributed by atoms with Gasteiger partial charge in [0.25, 0.3) is 0 Å². The second-order valence-electron chi connectivity index (χ2n) is 4.55. The average Bonchev–Trinajstić information content (AvgIpc) is 2.85. The van der Waals surface area contributed by atoms with Crippen LogP contribution >= 0.6 is 0 Å². The molecule has 2 unspecified atom stereocenters. The quantitative estimate of drug-likeness (QED) is 0.533. The summed E-state index contributed by atoms with van der Waals surface area (Å²) in [6.07, 6.45) is 1.87. The van der Waals surface area contributed by atoms with Crippen molar-refractivity contribution >= 4 is 5.91 Å². The van der Waals surface area contributed by atoms with E-state index in [1.807, 2.05) is 11.9 Å². The standard InChI is InChI=1S/C10H19N3O2/c1-13(8-4-11-5-9(8)14)6-10(15)12-7-2-3-7/h7-9,11,14H,2-6H2,1H3,(H,12,15). The number of likely N-dealkylation sites (N-methyl/N-ethyl adjacent to an activating group) is 1. The molecule has 1 amide bonds. The molecular formula is C10H19N3O2. The molecule has 3 N–H and O–H groups in total. The molecule has 2 aliphatic rings. The van der Waals surface area contributed by atoms with E-state index in [-0.39, 0.29) is 18.1 Å². The van der Waals surface area contributed by atoms with Gasteiger partial charge in [-0.05, 0) is 19.9 Å². The molecule has 0 aromatic carbocycles. The first kappa shape index (κ1) is 10.9. The summed E-state index contributed by atoms with van der Waals surface area (Å²) in [6.45, 7) is 1.76. The lowest BCUT2D eigenvalue weighted by Gasteiger charge is -2.25. The van der Waals surface area contributed by atoms with Crippen molar-refractivity contribution in [1.82, 2.24) is 15.5 Å². The first-order chi connectivity index (χ1) is 7.16. The maximum atomic E-state index is 11.5. The minimum Gasteiger partial charge on any atom is -0.390 e. The van der Waals surface area contributed by atoms with E-state index in [0.29, 0.717) is 19.1 Å². The smallest absolute Gasteiger partial charge is 0.234 e. The van der Waals surface area contributed by atoms with Gasteiger partial charge in [-0.1, -0.05) is 0 Å². The van der Waals surface area contributed by atoms with E-state index in [4.69, 9.17) is 0 Å². The van der Waals surface area contributed by atoms with E-state index in [1.54, 1.807) is 0 Å². The first-order valence-corrected chi connectivity index (χ1v) is 5.55. The summed E-state index contributed by atoms with van der Waals surface area (Å²) in [4.78, 5) is 13.4. The molecular weight excluding hydrogens is 194 g/mol. The Morgan fingerprint density at radius 3 is 2.80 bits per heavy atom. The average molecular weight is 213 g/mol. The highest BCUT2D eigenvalue weighted by Gasteiger charge is 2.30. The molecule has 1 saturated heterocycles. The largest absolute Gasteiger partial charge is 0.390 e. The molecule has 15 heavy (non-hydrogen) atoms. The number of nitrogens with one attached hydrogen (secondary N) is 2. The highest BCUT2D eigenvalue weighted by molar-refractivity contribution is 5.78. The van der Waals surface area contributed by atoms with E-state index >= 15 is 0 Å². The zero-order valence-electron chi connectivity index (χ0n) is 9.07. The minimum absolute atomic E-state index is 0.0648. The minimum atomic E-state index is -0.358. The number of rotatable bonds is 4. The third kappa shape index (κ3) is 2.90. The van der Waals surface area contributed by atoms with Crippen molar-refractivity contribution in [1.29, 1.82) is 0 Å². The third-order valence-electron chi connectivity index (χ3n) is 3.05. The Morgan fingerprint density at radius 2 is 2.27 bits per heavy atom. The Balaban J connectivity index is 1.74. The lowest BCUT2D eigenvalue weighted by atomic mass is 10.2. The third-order valence-corrected chi connectivity index (χ3v) is 3.05. The lowest BCUT2D eigenvalue weighted by molar-refractivity contribution is -0.122. The molecule has 2 rings (SSSR count). The Morgan fingerprint density at radius 1 is 1.53 bits per heavy atom. The highest BCUT2D eigenvalue weighted by atomic mass is 16.3. The van der Waals surface area contributed by atoms with Crippen molar-refractivity contribution < 1.29 is 9.90 Å². The molecule has 0 spiro atoms. The van der Waals surface area contributed by atoms with Crippen LogP contribution in [0.4, 0.5) is 0 Å². The van der Waals surface area contributed by atoms with Gasteiger partial charge >= 0.3 is 0 Å². The van der Waals surface area contributed by atoms with Crippen molar-refractivity contribution in [2.75, 3.05) is 26.7 Å². The zero-order valence-corrected chi connectivity index (χ0v) is 9.07. The van der Waals surface area contributed by atoms with Crippen molar-refractivity contribution in [3.8, 4) is 0 Å². The molecule has 5 heteroatoms. The topological polar surface area (TPSA) is 64.6 Å². The fourth-order valence-corrected chi connectivity index (χ4v) is 1.95. The predicted molar refractivity (Wildman–Crippen MR) is 56.5 cm³/mol. The number of carbonyl (C=O) groups excluding carboxylic acids is 1. The molecule has 0 radical (unpaired) electrons.